The van der Waals surface area contributed by atoms with Crippen molar-refractivity contribution in [3.8, 4) is 0 Å². The van der Waals surface area contributed by atoms with E-state index < -0.39 is 0 Å². The molecule has 1 aliphatic rings. The van der Waals surface area contributed by atoms with Crippen molar-refractivity contribution in [1.82, 2.24) is 20.5 Å². The zero-order valence-corrected chi connectivity index (χ0v) is 20.8. The van der Waals surface area contributed by atoms with E-state index in [1.54, 1.807) is 0 Å². The minimum atomic E-state index is 0. The molecule has 0 radical (unpaired) electrons. The van der Waals surface area contributed by atoms with Crippen molar-refractivity contribution in [1.29, 1.82) is 0 Å². The van der Waals surface area contributed by atoms with Gasteiger partial charge in [0, 0.05) is 64.6 Å². The number of hydrogen-bond donors (Lipinski definition) is 2. The molecule has 2 atom stereocenters. The molecule has 1 fully saturated rings. The molecule has 1 aliphatic heterocycles. The number of pyridine rings is 1. The average Bonchev–Trinajstić information content (AvgIpc) is 2.74. The predicted octanol–water partition coefficient (Wildman–Crippen LogP) is 3.48. The van der Waals surface area contributed by atoms with Crippen LogP contribution in [0, 0.1) is 0 Å². The van der Waals surface area contributed by atoms with Crippen molar-refractivity contribution >= 4 is 35.8 Å². The third-order valence-electron chi connectivity index (χ3n) is 5.54. The Morgan fingerprint density at radius 3 is 2.63 bits per heavy atom. The first-order valence-electron chi connectivity index (χ1n) is 10.4. The summed E-state index contributed by atoms with van der Waals surface area (Å²) in [5, 5.41) is 7.07. The van der Waals surface area contributed by atoms with Crippen LogP contribution >= 0.6 is 24.0 Å². The van der Waals surface area contributed by atoms with Crippen LogP contribution in [0.4, 0.5) is 5.82 Å². The molecule has 0 amide bonds. The smallest absolute Gasteiger partial charge is 0.191 e. The molecular formula is C23H35IN6. The Labute approximate surface area is 198 Å². The van der Waals surface area contributed by atoms with E-state index >= 15 is 0 Å². The zero-order valence-electron chi connectivity index (χ0n) is 18.5. The molecule has 0 saturated carbocycles. The van der Waals surface area contributed by atoms with Crippen molar-refractivity contribution in [2.24, 2.45) is 4.99 Å². The summed E-state index contributed by atoms with van der Waals surface area (Å²) in [5.74, 6) is 1.84. The Bertz CT molecular complexity index is 795. The van der Waals surface area contributed by atoms with Crippen molar-refractivity contribution in [3.63, 3.8) is 0 Å². The number of halogens is 1. The summed E-state index contributed by atoms with van der Waals surface area (Å²) in [5.41, 5.74) is 2.54. The first kappa shape index (κ1) is 24.4. The number of anilines is 1. The largest absolute Gasteiger partial charge is 0.362 e. The number of piperidine rings is 1. The van der Waals surface area contributed by atoms with Crippen molar-refractivity contribution in [3.05, 3.63) is 59.8 Å². The van der Waals surface area contributed by atoms with Crippen LogP contribution in [0.2, 0.25) is 0 Å². The Balaban J connectivity index is 0.00000320. The number of nitrogens with zero attached hydrogens (tertiary/aromatic N) is 4. The van der Waals surface area contributed by atoms with Crippen molar-refractivity contribution in [2.45, 2.75) is 44.9 Å². The van der Waals surface area contributed by atoms with Gasteiger partial charge in [-0.2, -0.15) is 0 Å². The Kier molecular flexibility index (Phi) is 9.84. The number of aliphatic imine (C=N–C) groups is 1. The molecule has 0 spiro atoms. The van der Waals surface area contributed by atoms with Crippen LogP contribution in [0.25, 0.3) is 0 Å². The molecule has 2 heterocycles. The van der Waals surface area contributed by atoms with Crippen LogP contribution in [0.1, 0.15) is 30.9 Å². The summed E-state index contributed by atoms with van der Waals surface area (Å²) in [6.45, 7) is 5.14. The van der Waals surface area contributed by atoms with Gasteiger partial charge in [0.05, 0.1) is 0 Å². The second kappa shape index (κ2) is 12.1. The summed E-state index contributed by atoms with van der Waals surface area (Å²) in [4.78, 5) is 13.5. The van der Waals surface area contributed by atoms with Gasteiger partial charge in [0.15, 0.2) is 5.96 Å². The summed E-state index contributed by atoms with van der Waals surface area (Å²) in [6.07, 6.45) is 4.06. The summed E-state index contributed by atoms with van der Waals surface area (Å²) < 4.78 is 0. The molecule has 2 N–H and O–H groups in total. The topological polar surface area (TPSA) is 55.8 Å². The SMILES string of the molecule is CN=C(NCc1cccnc1N(C)C)NC1CCN(Cc2ccccc2)C(C)C1.I. The Morgan fingerprint density at radius 2 is 1.97 bits per heavy atom. The highest BCUT2D eigenvalue weighted by Gasteiger charge is 2.26. The highest BCUT2D eigenvalue weighted by atomic mass is 127. The molecule has 2 aromatic rings. The van der Waals surface area contributed by atoms with Gasteiger partial charge in [-0.25, -0.2) is 4.98 Å². The van der Waals surface area contributed by atoms with Gasteiger partial charge in [0.25, 0.3) is 0 Å². The second-order valence-electron chi connectivity index (χ2n) is 7.98. The summed E-state index contributed by atoms with van der Waals surface area (Å²) in [6, 6.07) is 15.8. The van der Waals surface area contributed by atoms with Gasteiger partial charge in [0.1, 0.15) is 5.82 Å². The maximum absolute atomic E-state index is 4.47. The van der Waals surface area contributed by atoms with E-state index in [4.69, 9.17) is 0 Å². The molecule has 0 bridgehead atoms. The number of nitrogens with one attached hydrogen (secondary N) is 2. The molecule has 1 aromatic carbocycles. The van der Waals surface area contributed by atoms with E-state index in [0.29, 0.717) is 18.6 Å². The quantitative estimate of drug-likeness (QED) is 0.346. The van der Waals surface area contributed by atoms with Gasteiger partial charge in [-0.05, 0) is 31.4 Å². The number of likely N-dealkylation sites (tertiary alicyclic amines) is 1. The van der Waals surface area contributed by atoms with Gasteiger partial charge < -0.3 is 15.5 Å². The summed E-state index contributed by atoms with van der Waals surface area (Å²) >= 11 is 0. The van der Waals surface area contributed by atoms with E-state index in [-0.39, 0.29) is 24.0 Å². The fourth-order valence-electron chi connectivity index (χ4n) is 3.94. The molecular weight excluding hydrogens is 487 g/mol. The first-order chi connectivity index (χ1) is 14.1. The van der Waals surface area contributed by atoms with Crippen LogP contribution in [-0.2, 0) is 13.1 Å². The monoisotopic (exact) mass is 522 g/mol. The van der Waals surface area contributed by atoms with E-state index in [0.717, 1.165) is 43.3 Å². The lowest BCUT2D eigenvalue weighted by atomic mass is 9.97. The molecule has 0 aliphatic carbocycles. The van der Waals surface area contributed by atoms with Crippen molar-refractivity contribution in [2.75, 3.05) is 32.6 Å². The zero-order chi connectivity index (χ0) is 20.6. The summed E-state index contributed by atoms with van der Waals surface area (Å²) in [7, 11) is 5.87. The van der Waals surface area contributed by atoms with Gasteiger partial charge in [-0.15, -0.1) is 24.0 Å². The molecule has 7 heteroatoms. The number of guanidine groups is 1. The molecule has 6 nitrogen and oxygen atoms in total. The lowest BCUT2D eigenvalue weighted by molar-refractivity contribution is 0.134. The third kappa shape index (κ3) is 6.84. The standard InChI is InChI=1S/C23H34N6.HI/c1-18-15-21(12-14-29(18)17-19-9-6-5-7-10-19)27-23(24-2)26-16-20-11-8-13-25-22(20)28(3)4;/h5-11,13,18,21H,12,14-17H2,1-4H3,(H2,24,26,27);1H. The van der Waals surface area contributed by atoms with Gasteiger partial charge >= 0.3 is 0 Å². The van der Waals surface area contributed by atoms with Crippen LogP contribution in [0.15, 0.2) is 53.7 Å². The van der Waals surface area contributed by atoms with E-state index in [9.17, 15) is 0 Å². The number of rotatable bonds is 6. The maximum atomic E-state index is 4.47. The maximum Gasteiger partial charge on any atom is 0.191 e. The molecule has 164 valence electrons. The minimum Gasteiger partial charge on any atom is -0.362 e. The number of aromatic nitrogens is 1. The van der Waals surface area contributed by atoms with Crippen LogP contribution in [0.5, 0.6) is 0 Å². The molecule has 30 heavy (non-hydrogen) atoms. The second-order valence-corrected chi connectivity index (χ2v) is 7.98. The molecule has 1 aromatic heterocycles. The molecule has 2 unspecified atom stereocenters. The number of hydrogen-bond acceptors (Lipinski definition) is 4. The molecule has 1 saturated heterocycles. The van der Waals surface area contributed by atoms with Crippen LogP contribution < -0.4 is 15.5 Å². The average molecular weight is 522 g/mol. The van der Waals surface area contributed by atoms with Crippen molar-refractivity contribution < 1.29 is 0 Å². The van der Waals surface area contributed by atoms with Crippen LogP contribution in [-0.4, -0.2) is 55.6 Å². The number of benzene rings is 1. The highest BCUT2D eigenvalue weighted by Crippen LogP contribution is 2.20. The van der Waals surface area contributed by atoms with E-state index in [1.807, 2.05) is 38.3 Å². The van der Waals surface area contributed by atoms with Gasteiger partial charge in [-0.1, -0.05) is 36.4 Å². The minimum absolute atomic E-state index is 0. The van der Waals surface area contributed by atoms with E-state index in [1.165, 1.54) is 5.56 Å². The highest BCUT2D eigenvalue weighted by molar-refractivity contribution is 14.0. The van der Waals surface area contributed by atoms with Gasteiger partial charge in [-0.3, -0.25) is 9.89 Å². The fraction of sp³-hybridized carbons (Fsp3) is 0.478. The normalized spacial score (nSPS) is 19.7. The fourth-order valence-corrected chi connectivity index (χ4v) is 3.94. The van der Waals surface area contributed by atoms with E-state index in [2.05, 4.69) is 68.8 Å². The van der Waals surface area contributed by atoms with Gasteiger partial charge in [0.2, 0.25) is 0 Å². The van der Waals surface area contributed by atoms with Crippen LogP contribution in [0.3, 0.4) is 0 Å². The lowest BCUT2D eigenvalue weighted by Crippen LogP contribution is -2.51. The molecule has 3 rings (SSSR count). The lowest BCUT2D eigenvalue weighted by Gasteiger charge is -2.38. The first-order valence-corrected chi connectivity index (χ1v) is 10.4. The Morgan fingerprint density at radius 1 is 1.20 bits per heavy atom. The Hall–Kier alpha value is -1.87. The predicted molar refractivity (Wildman–Crippen MR) is 137 cm³/mol. The third-order valence-corrected chi connectivity index (χ3v) is 5.54.